The first kappa shape index (κ1) is 14.5. The highest BCUT2D eigenvalue weighted by Crippen LogP contribution is 2.44. The average Bonchev–Trinajstić information content (AvgIpc) is 3.03. The molecule has 0 aliphatic heterocycles. The van der Waals surface area contributed by atoms with Gasteiger partial charge in [-0.2, -0.15) is 0 Å². The third-order valence-electron chi connectivity index (χ3n) is 4.53. The Morgan fingerprint density at radius 1 is 1.30 bits per heavy atom. The lowest BCUT2D eigenvalue weighted by molar-refractivity contribution is -0.119. The van der Waals surface area contributed by atoms with Crippen molar-refractivity contribution in [1.29, 1.82) is 0 Å². The van der Waals surface area contributed by atoms with Gasteiger partial charge in [0.05, 0.1) is 5.75 Å². The van der Waals surface area contributed by atoms with Crippen molar-refractivity contribution in [1.82, 2.24) is 5.32 Å². The monoisotopic (exact) mass is 353 g/mol. The molecule has 3 rings (SSSR count). The molecule has 1 N–H and O–H groups in total. The molecule has 1 aromatic rings. The fourth-order valence-electron chi connectivity index (χ4n) is 3.54. The van der Waals surface area contributed by atoms with Gasteiger partial charge in [-0.3, -0.25) is 4.79 Å². The number of benzene rings is 1. The molecule has 2 bridgehead atoms. The molecule has 1 amide bonds. The van der Waals surface area contributed by atoms with Crippen LogP contribution >= 0.6 is 27.7 Å². The number of carbonyl (C=O) groups excluding carboxylic acids is 1. The van der Waals surface area contributed by atoms with Crippen LogP contribution in [0.25, 0.3) is 0 Å². The largest absolute Gasteiger partial charge is 0.352 e. The highest BCUT2D eigenvalue weighted by atomic mass is 79.9. The molecule has 108 valence electrons. The molecule has 2 aliphatic carbocycles. The lowest BCUT2D eigenvalue weighted by atomic mass is 9.95. The molecule has 0 saturated heterocycles. The predicted molar refractivity (Wildman–Crippen MR) is 87.7 cm³/mol. The van der Waals surface area contributed by atoms with E-state index in [1.165, 1.54) is 31.2 Å². The summed E-state index contributed by atoms with van der Waals surface area (Å²) in [6.07, 6.45) is 5.26. The lowest BCUT2D eigenvalue weighted by Crippen LogP contribution is -2.39. The maximum absolute atomic E-state index is 12.0. The predicted octanol–water partition coefficient (Wildman–Crippen LogP) is 3.99. The molecule has 2 aliphatic rings. The molecule has 0 unspecified atom stereocenters. The van der Waals surface area contributed by atoms with Crippen LogP contribution in [0.1, 0.15) is 31.2 Å². The molecule has 2 fully saturated rings. The van der Waals surface area contributed by atoms with Crippen LogP contribution in [0.3, 0.4) is 0 Å². The molecule has 0 spiro atoms. The van der Waals surface area contributed by atoms with Crippen LogP contribution in [0.2, 0.25) is 0 Å². The van der Waals surface area contributed by atoms with E-state index in [2.05, 4.69) is 27.3 Å². The molecular formula is C16H20BrNOS. The first-order valence-electron chi connectivity index (χ1n) is 7.33. The van der Waals surface area contributed by atoms with Gasteiger partial charge in [0.15, 0.2) is 0 Å². The summed E-state index contributed by atoms with van der Waals surface area (Å²) in [6, 6.07) is 8.66. The number of fused-ring (bicyclic) bond motifs is 2. The van der Waals surface area contributed by atoms with E-state index in [1.54, 1.807) is 11.8 Å². The standard InChI is InChI=1S/C16H20BrNOS/c17-14-4-2-1-3-13(14)9-20-10-16(19)18-15-8-11-5-6-12(15)7-11/h1-4,11-12,15H,5-10H2,(H,18,19)/t11-,12-,15+/m0/s1. The molecular weight excluding hydrogens is 334 g/mol. The molecule has 0 aromatic heterocycles. The van der Waals surface area contributed by atoms with Crippen molar-refractivity contribution in [2.45, 2.75) is 37.5 Å². The van der Waals surface area contributed by atoms with E-state index < -0.39 is 0 Å². The topological polar surface area (TPSA) is 29.1 Å². The number of carbonyl (C=O) groups is 1. The summed E-state index contributed by atoms with van der Waals surface area (Å²) in [7, 11) is 0. The van der Waals surface area contributed by atoms with Crippen molar-refractivity contribution in [2.75, 3.05) is 5.75 Å². The molecule has 20 heavy (non-hydrogen) atoms. The number of halogens is 1. The fraction of sp³-hybridized carbons (Fsp3) is 0.562. The fourth-order valence-corrected chi connectivity index (χ4v) is 4.99. The number of hydrogen-bond donors (Lipinski definition) is 1. The van der Waals surface area contributed by atoms with Crippen molar-refractivity contribution in [2.24, 2.45) is 11.8 Å². The van der Waals surface area contributed by atoms with Crippen LogP contribution in [0.5, 0.6) is 0 Å². The second-order valence-electron chi connectivity index (χ2n) is 5.93. The summed E-state index contributed by atoms with van der Waals surface area (Å²) in [4.78, 5) is 12.0. The zero-order valence-corrected chi connectivity index (χ0v) is 13.9. The lowest BCUT2D eigenvalue weighted by Gasteiger charge is -2.22. The first-order valence-corrected chi connectivity index (χ1v) is 9.27. The van der Waals surface area contributed by atoms with Crippen LogP contribution in [0.4, 0.5) is 0 Å². The average molecular weight is 354 g/mol. The van der Waals surface area contributed by atoms with Crippen LogP contribution in [0, 0.1) is 11.8 Å². The second kappa shape index (κ2) is 6.52. The number of hydrogen-bond acceptors (Lipinski definition) is 2. The van der Waals surface area contributed by atoms with E-state index in [4.69, 9.17) is 0 Å². The molecule has 1 aromatic carbocycles. The molecule has 4 heteroatoms. The van der Waals surface area contributed by atoms with Crippen molar-refractivity contribution >= 4 is 33.6 Å². The summed E-state index contributed by atoms with van der Waals surface area (Å²) in [5.74, 6) is 3.30. The Morgan fingerprint density at radius 2 is 2.15 bits per heavy atom. The maximum atomic E-state index is 12.0. The minimum absolute atomic E-state index is 0.208. The molecule has 2 nitrogen and oxygen atoms in total. The quantitative estimate of drug-likeness (QED) is 0.866. The SMILES string of the molecule is O=C(CSCc1ccccc1Br)N[C@@H]1C[C@H]2CC[C@H]1C2. The molecule has 2 saturated carbocycles. The van der Waals surface area contributed by atoms with Gasteiger partial charge < -0.3 is 5.32 Å². The summed E-state index contributed by atoms with van der Waals surface area (Å²) in [6.45, 7) is 0. The van der Waals surface area contributed by atoms with Crippen LogP contribution < -0.4 is 5.32 Å². The van der Waals surface area contributed by atoms with Crippen LogP contribution in [-0.2, 0) is 10.5 Å². The van der Waals surface area contributed by atoms with E-state index in [9.17, 15) is 4.79 Å². The van der Waals surface area contributed by atoms with Crippen LogP contribution in [-0.4, -0.2) is 17.7 Å². The number of nitrogens with one attached hydrogen (secondary N) is 1. The zero-order chi connectivity index (χ0) is 13.9. The smallest absolute Gasteiger partial charge is 0.230 e. The summed E-state index contributed by atoms with van der Waals surface area (Å²) in [5, 5.41) is 3.24. The first-order chi connectivity index (χ1) is 9.72. The van der Waals surface area contributed by atoms with E-state index >= 15 is 0 Å². The third-order valence-corrected chi connectivity index (χ3v) is 6.29. The van der Waals surface area contributed by atoms with E-state index in [0.29, 0.717) is 11.8 Å². The van der Waals surface area contributed by atoms with Crippen molar-refractivity contribution in [3.8, 4) is 0 Å². The van der Waals surface area contributed by atoms with Crippen molar-refractivity contribution < 1.29 is 4.79 Å². The van der Waals surface area contributed by atoms with Crippen molar-refractivity contribution in [3.63, 3.8) is 0 Å². The summed E-state index contributed by atoms with van der Waals surface area (Å²) < 4.78 is 1.13. The minimum Gasteiger partial charge on any atom is -0.352 e. The van der Waals surface area contributed by atoms with Gasteiger partial charge in [0.2, 0.25) is 5.91 Å². The number of amides is 1. The highest BCUT2D eigenvalue weighted by molar-refractivity contribution is 9.10. The molecule has 0 heterocycles. The summed E-state index contributed by atoms with van der Waals surface area (Å²) >= 11 is 5.23. The number of rotatable bonds is 5. The van der Waals surface area contributed by atoms with Gasteiger partial charge in [-0.1, -0.05) is 40.5 Å². The Kier molecular flexibility index (Phi) is 4.72. The maximum Gasteiger partial charge on any atom is 0.230 e. The van der Waals surface area contributed by atoms with Gasteiger partial charge in [-0.15, -0.1) is 11.8 Å². The Balaban J connectivity index is 1.40. The van der Waals surface area contributed by atoms with Crippen molar-refractivity contribution in [3.05, 3.63) is 34.3 Å². The normalized spacial score (nSPS) is 27.8. The van der Waals surface area contributed by atoms with Gasteiger partial charge in [-0.05, 0) is 42.7 Å². The van der Waals surface area contributed by atoms with E-state index in [1.807, 2.05) is 18.2 Å². The zero-order valence-electron chi connectivity index (χ0n) is 11.5. The van der Waals surface area contributed by atoms with Gasteiger partial charge in [0, 0.05) is 16.3 Å². The Morgan fingerprint density at radius 3 is 2.85 bits per heavy atom. The van der Waals surface area contributed by atoms with Gasteiger partial charge in [0.25, 0.3) is 0 Å². The van der Waals surface area contributed by atoms with Gasteiger partial charge in [0.1, 0.15) is 0 Å². The van der Waals surface area contributed by atoms with Gasteiger partial charge >= 0.3 is 0 Å². The van der Waals surface area contributed by atoms with Crippen LogP contribution in [0.15, 0.2) is 28.7 Å². The molecule has 0 radical (unpaired) electrons. The molecule has 3 atom stereocenters. The second-order valence-corrected chi connectivity index (χ2v) is 7.77. The minimum atomic E-state index is 0.208. The Labute approximate surface area is 133 Å². The third kappa shape index (κ3) is 3.40. The van der Waals surface area contributed by atoms with E-state index in [-0.39, 0.29) is 5.91 Å². The Hall–Kier alpha value is -0.480. The highest BCUT2D eigenvalue weighted by Gasteiger charge is 2.39. The van der Waals surface area contributed by atoms with Gasteiger partial charge in [-0.25, -0.2) is 0 Å². The number of thioether (sulfide) groups is 1. The summed E-state index contributed by atoms with van der Waals surface area (Å²) in [5.41, 5.74) is 1.25. The Bertz CT molecular complexity index is 493. The van der Waals surface area contributed by atoms with E-state index in [0.717, 1.165) is 22.1 Å².